The van der Waals surface area contributed by atoms with Crippen molar-refractivity contribution in [2.75, 3.05) is 13.1 Å². The Morgan fingerprint density at radius 1 is 1.20 bits per heavy atom. The molecule has 0 saturated carbocycles. The molecule has 1 aromatic carbocycles. The summed E-state index contributed by atoms with van der Waals surface area (Å²) in [5.41, 5.74) is -0.0264. The molecule has 2 fully saturated rings. The molecule has 136 valence electrons. The van der Waals surface area contributed by atoms with E-state index in [-0.39, 0.29) is 29.5 Å². The van der Waals surface area contributed by atoms with Crippen LogP contribution >= 0.6 is 0 Å². The highest BCUT2D eigenvalue weighted by Crippen LogP contribution is 2.29. The van der Waals surface area contributed by atoms with Gasteiger partial charge in [0.05, 0.1) is 5.56 Å². The van der Waals surface area contributed by atoms with Gasteiger partial charge in [0, 0.05) is 18.6 Å². The third-order valence-corrected chi connectivity index (χ3v) is 5.25. The van der Waals surface area contributed by atoms with E-state index < -0.39 is 17.8 Å². The number of hydrogen-bond acceptors (Lipinski definition) is 3. The van der Waals surface area contributed by atoms with Gasteiger partial charge in [0.1, 0.15) is 11.9 Å². The summed E-state index contributed by atoms with van der Waals surface area (Å²) < 4.78 is 13.9. The van der Waals surface area contributed by atoms with Crippen molar-refractivity contribution >= 4 is 11.8 Å². The van der Waals surface area contributed by atoms with Crippen molar-refractivity contribution < 1.29 is 14.0 Å². The molecule has 6 heteroatoms. The number of nitrogens with zero attached hydrogens (tertiary/aromatic N) is 1. The number of rotatable bonds is 4. The third-order valence-electron chi connectivity index (χ3n) is 5.25. The average Bonchev–Trinajstić information content (AvgIpc) is 2.84. The Morgan fingerprint density at radius 3 is 2.64 bits per heavy atom. The fourth-order valence-electron chi connectivity index (χ4n) is 3.88. The van der Waals surface area contributed by atoms with Crippen LogP contribution < -0.4 is 10.6 Å². The minimum atomic E-state index is -0.645. The normalized spacial score (nSPS) is 24.1. The number of nitrogens with one attached hydrogen (secondary N) is 2. The van der Waals surface area contributed by atoms with Gasteiger partial charge in [0.2, 0.25) is 5.91 Å². The first-order chi connectivity index (χ1) is 12.0. The van der Waals surface area contributed by atoms with Gasteiger partial charge >= 0.3 is 0 Å². The van der Waals surface area contributed by atoms with E-state index in [9.17, 15) is 14.0 Å². The van der Waals surface area contributed by atoms with Crippen molar-refractivity contribution in [2.45, 2.75) is 51.2 Å². The Morgan fingerprint density at radius 2 is 1.92 bits per heavy atom. The molecule has 2 aliphatic heterocycles. The van der Waals surface area contributed by atoms with E-state index in [1.165, 1.54) is 12.1 Å². The largest absolute Gasteiger partial charge is 0.340 e. The molecule has 2 aliphatic rings. The van der Waals surface area contributed by atoms with Gasteiger partial charge in [0.25, 0.3) is 5.91 Å². The van der Waals surface area contributed by atoms with Gasteiger partial charge in [-0.1, -0.05) is 26.0 Å². The highest BCUT2D eigenvalue weighted by Gasteiger charge is 2.41. The number of fused-ring (bicyclic) bond motifs is 2. The van der Waals surface area contributed by atoms with Crippen LogP contribution in [0.25, 0.3) is 0 Å². The second-order valence-electron chi connectivity index (χ2n) is 7.30. The topological polar surface area (TPSA) is 61.4 Å². The standard InChI is InChI=1S/C19H26FN3O2/c1-12(2)17(22-18(24)15-5-3-4-6-16(15)20)19(25)23-13-7-8-14(23)11-21-10-9-13/h3-6,12-14,17,21H,7-11H2,1-2H3,(H,22,24). The molecule has 5 nitrogen and oxygen atoms in total. The molecule has 3 rings (SSSR count). The Kier molecular flexibility index (Phi) is 5.37. The SMILES string of the molecule is CC(C)C(NC(=O)c1ccccc1F)C(=O)N1C2CCNCC1CC2. The minimum absolute atomic E-state index is 0.0264. The molecule has 2 bridgehead atoms. The first-order valence-electron chi connectivity index (χ1n) is 9.07. The molecular weight excluding hydrogens is 321 g/mol. The number of benzene rings is 1. The van der Waals surface area contributed by atoms with Crippen molar-refractivity contribution in [3.63, 3.8) is 0 Å². The smallest absolute Gasteiger partial charge is 0.254 e. The molecule has 3 unspecified atom stereocenters. The molecule has 0 aliphatic carbocycles. The summed E-state index contributed by atoms with van der Waals surface area (Å²) in [7, 11) is 0. The lowest BCUT2D eigenvalue weighted by Crippen LogP contribution is -2.55. The first kappa shape index (κ1) is 17.9. The summed E-state index contributed by atoms with van der Waals surface area (Å²) in [5.74, 6) is -1.23. The van der Waals surface area contributed by atoms with Gasteiger partial charge < -0.3 is 15.5 Å². The van der Waals surface area contributed by atoms with Crippen LogP contribution in [-0.4, -0.2) is 47.9 Å². The molecule has 0 radical (unpaired) electrons. The van der Waals surface area contributed by atoms with E-state index in [1.807, 2.05) is 18.7 Å². The molecule has 2 amide bonds. The molecule has 0 spiro atoms. The van der Waals surface area contributed by atoms with Crippen molar-refractivity contribution in [3.8, 4) is 0 Å². The maximum absolute atomic E-state index is 13.9. The Hall–Kier alpha value is -1.95. The van der Waals surface area contributed by atoms with Crippen LogP contribution in [0.1, 0.15) is 43.5 Å². The quantitative estimate of drug-likeness (QED) is 0.875. The van der Waals surface area contributed by atoms with Crippen LogP contribution in [0, 0.1) is 11.7 Å². The Bertz CT molecular complexity index is 635. The molecule has 2 saturated heterocycles. The molecule has 2 heterocycles. The lowest BCUT2D eigenvalue weighted by atomic mass is 10.0. The Balaban J connectivity index is 1.78. The number of hydrogen-bond donors (Lipinski definition) is 2. The molecule has 0 aromatic heterocycles. The fourth-order valence-corrected chi connectivity index (χ4v) is 3.88. The summed E-state index contributed by atoms with van der Waals surface area (Å²) >= 11 is 0. The van der Waals surface area contributed by atoms with Crippen LogP contribution in [0.4, 0.5) is 4.39 Å². The van der Waals surface area contributed by atoms with Gasteiger partial charge in [0.15, 0.2) is 0 Å². The lowest BCUT2D eigenvalue weighted by molar-refractivity contribution is -0.137. The minimum Gasteiger partial charge on any atom is -0.340 e. The number of carbonyl (C=O) groups is 2. The van der Waals surface area contributed by atoms with E-state index in [0.29, 0.717) is 0 Å². The summed E-state index contributed by atoms with van der Waals surface area (Å²) in [6, 6.07) is 5.62. The van der Waals surface area contributed by atoms with Gasteiger partial charge in [-0.2, -0.15) is 0 Å². The van der Waals surface area contributed by atoms with E-state index in [0.717, 1.165) is 32.4 Å². The zero-order valence-electron chi connectivity index (χ0n) is 14.8. The van der Waals surface area contributed by atoms with E-state index in [2.05, 4.69) is 10.6 Å². The second kappa shape index (κ2) is 7.52. The van der Waals surface area contributed by atoms with Crippen LogP contribution in [-0.2, 0) is 4.79 Å². The second-order valence-corrected chi connectivity index (χ2v) is 7.30. The van der Waals surface area contributed by atoms with Gasteiger partial charge in [-0.25, -0.2) is 4.39 Å². The number of halogens is 1. The maximum Gasteiger partial charge on any atom is 0.254 e. The average molecular weight is 347 g/mol. The lowest BCUT2D eigenvalue weighted by Gasteiger charge is -2.33. The Labute approximate surface area is 148 Å². The molecule has 1 aromatic rings. The van der Waals surface area contributed by atoms with Crippen LogP contribution in [0.5, 0.6) is 0 Å². The van der Waals surface area contributed by atoms with E-state index in [1.54, 1.807) is 12.1 Å². The number of carbonyl (C=O) groups excluding carboxylic acids is 2. The fraction of sp³-hybridized carbons (Fsp3) is 0.579. The summed E-state index contributed by atoms with van der Waals surface area (Å²) in [5, 5.41) is 6.14. The number of amides is 2. The van der Waals surface area contributed by atoms with E-state index >= 15 is 0 Å². The van der Waals surface area contributed by atoms with Gasteiger partial charge in [-0.15, -0.1) is 0 Å². The highest BCUT2D eigenvalue weighted by molar-refractivity contribution is 5.98. The van der Waals surface area contributed by atoms with Crippen molar-refractivity contribution in [1.82, 2.24) is 15.5 Å². The summed E-state index contributed by atoms with van der Waals surface area (Å²) in [6.45, 7) is 5.53. The van der Waals surface area contributed by atoms with Crippen LogP contribution in [0.2, 0.25) is 0 Å². The van der Waals surface area contributed by atoms with Crippen molar-refractivity contribution in [2.24, 2.45) is 5.92 Å². The summed E-state index contributed by atoms with van der Waals surface area (Å²) in [6.07, 6.45) is 2.95. The maximum atomic E-state index is 13.9. The molecule has 2 N–H and O–H groups in total. The predicted molar refractivity (Wildman–Crippen MR) is 93.6 cm³/mol. The first-order valence-corrected chi connectivity index (χ1v) is 9.07. The van der Waals surface area contributed by atoms with Gasteiger partial charge in [-0.05, 0) is 43.9 Å². The summed E-state index contributed by atoms with van der Waals surface area (Å²) in [4.78, 5) is 27.6. The zero-order valence-corrected chi connectivity index (χ0v) is 14.8. The third kappa shape index (κ3) is 3.68. The molecule has 25 heavy (non-hydrogen) atoms. The van der Waals surface area contributed by atoms with Gasteiger partial charge in [-0.3, -0.25) is 9.59 Å². The van der Waals surface area contributed by atoms with Crippen molar-refractivity contribution in [3.05, 3.63) is 35.6 Å². The predicted octanol–water partition coefficient (Wildman–Crippen LogP) is 1.93. The van der Waals surface area contributed by atoms with E-state index in [4.69, 9.17) is 0 Å². The van der Waals surface area contributed by atoms with Crippen LogP contribution in [0.3, 0.4) is 0 Å². The zero-order chi connectivity index (χ0) is 18.0. The molecule has 3 atom stereocenters. The highest BCUT2D eigenvalue weighted by atomic mass is 19.1. The van der Waals surface area contributed by atoms with Crippen molar-refractivity contribution in [1.29, 1.82) is 0 Å². The monoisotopic (exact) mass is 347 g/mol. The van der Waals surface area contributed by atoms with Crippen LogP contribution in [0.15, 0.2) is 24.3 Å². The molecular formula is C19H26FN3O2.